The molecule has 0 atom stereocenters. The van der Waals surface area contributed by atoms with Crippen molar-refractivity contribution in [3.8, 4) is 5.75 Å². The summed E-state index contributed by atoms with van der Waals surface area (Å²) in [5.74, 6) is 0.418. The van der Waals surface area contributed by atoms with Crippen molar-refractivity contribution < 1.29 is 9.13 Å². The molecule has 0 aliphatic heterocycles. The van der Waals surface area contributed by atoms with Crippen molar-refractivity contribution >= 4 is 22.4 Å². The van der Waals surface area contributed by atoms with Crippen LogP contribution in [0.25, 0.3) is 10.8 Å². The van der Waals surface area contributed by atoms with Crippen molar-refractivity contribution in [3.63, 3.8) is 0 Å². The van der Waals surface area contributed by atoms with Gasteiger partial charge in [0.05, 0.1) is 10.7 Å². The Balaban J connectivity index is 1.56. The number of hydrogen-bond donors (Lipinski definition) is 1. The minimum atomic E-state index is -0.358. The van der Waals surface area contributed by atoms with Gasteiger partial charge in [-0.1, -0.05) is 54.1 Å². The van der Waals surface area contributed by atoms with Crippen LogP contribution in [0.4, 0.5) is 4.39 Å². The standard InChI is InChI=1S/C24H20ClFN2O/c25-23-13-19(26)10-8-18(23)16-29-24-11-9-17-5-1-2-7-21(17)22(24)15-27-14-20-6-3-4-12-28-20/h1-13,27H,14-16H2. The first-order chi connectivity index (χ1) is 14.2. The molecule has 0 spiro atoms. The molecule has 0 unspecified atom stereocenters. The number of nitrogens with one attached hydrogen (secondary N) is 1. The van der Waals surface area contributed by atoms with Crippen LogP contribution in [0, 0.1) is 5.82 Å². The van der Waals surface area contributed by atoms with Crippen LogP contribution in [0.5, 0.6) is 5.75 Å². The SMILES string of the molecule is Fc1ccc(COc2ccc3ccccc3c2CNCc2ccccn2)c(Cl)c1. The molecule has 0 aliphatic carbocycles. The maximum atomic E-state index is 13.3. The number of fused-ring (bicyclic) bond motifs is 1. The molecule has 5 heteroatoms. The average Bonchev–Trinajstić information content (AvgIpc) is 2.74. The van der Waals surface area contributed by atoms with Crippen LogP contribution in [-0.2, 0) is 19.7 Å². The van der Waals surface area contributed by atoms with E-state index in [4.69, 9.17) is 16.3 Å². The molecule has 0 saturated carbocycles. The van der Waals surface area contributed by atoms with Gasteiger partial charge in [0.2, 0.25) is 0 Å². The van der Waals surface area contributed by atoms with E-state index in [1.807, 2.05) is 42.5 Å². The Hall–Kier alpha value is -2.95. The predicted octanol–water partition coefficient (Wildman–Crippen LogP) is 5.90. The summed E-state index contributed by atoms with van der Waals surface area (Å²) in [5, 5.41) is 6.09. The average molecular weight is 407 g/mol. The van der Waals surface area contributed by atoms with Gasteiger partial charge in [-0.25, -0.2) is 4.39 Å². The molecular formula is C24H20ClFN2O. The molecule has 0 saturated heterocycles. The van der Waals surface area contributed by atoms with Crippen molar-refractivity contribution in [1.82, 2.24) is 10.3 Å². The lowest BCUT2D eigenvalue weighted by molar-refractivity contribution is 0.302. The second-order valence-corrected chi connectivity index (χ2v) is 7.12. The third kappa shape index (κ3) is 4.73. The zero-order valence-corrected chi connectivity index (χ0v) is 16.5. The molecule has 146 valence electrons. The molecule has 1 heterocycles. The van der Waals surface area contributed by atoms with Gasteiger partial charge in [-0.3, -0.25) is 4.98 Å². The Morgan fingerprint density at radius 2 is 1.79 bits per heavy atom. The van der Waals surface area contributed by atoms with Crippen LogP contribution in [0.2, 0.25) is 5.02 Å². The molecule has 1 aromatic heterocycles. The van der Waals surface area contributed by atoms with E-state index >= 15 is 0 Å². The summed E-state index contributed by atoms with van der Waals surface area (Å²) in [5.41, 5.74) is 2.79. The number of hydrogen-bond acceptors (Lipinski definition) is 3. The first-order valence-electron chi connectivity index (χ1n) is 9.39. The van der Waals surface area contributed by atoms with Gasteiger partial charge < -0.3 is 10.1 Å². The van der Waals surface area contributed by atoms with E-state index in [0.29, 0.717) is 18.1 Å². The number of benzene rings is 3. The number of nitrogens with zero attached hydrogens (tertiary/aromatic N) is 1. The molecule has 29 heavy (non-hydrogen) atoms. The molecule has 3 aromatic carbocycles. The lowest BCUT2D eigenvalue weighted by Gasteiger charge is -2.16. The third-order valence-corrected chi connectivity index (χ3v) is 5.08. The van der Waals surface area contributed by atoms with E-state index < -0.39 is 0 Å². The van der Waals surface area contributed by atoms with E-state index in [0.717, 1.165) is 33.3 Å². The molecular weight excluding hydrogens is 387 g/mol. The van der Waals surface area contributed by atoms with E-state index in [9.17, 15) is 4.39 Å². The number of rotatable bonds is 7. The molecule has 4 aromatic rings. The highest BCUT2D eigenvalue weighted by molar-refractivity contribution is 6.31. The molecule has 0 aliphatic rings. The van der Waals surface area contributed by atoms with Crippen molar-refractivity contribution in [2.45, 2.75) is 19.7 Å². The molecule has 1 N–H and O–H groups in total. The van der Waals surface area contributed by atoms with Crippen LogP contribution in [-0.4, -0.2) is 4.98 Å². The van der Waals surface area contributed by atoms with Crippen molar-refractivity contribution in [2.75, 3.05) is 0 Å². The Labute approximate surface area is 174 Å². The van der Waals surface area contributed by atoms with Crippen LogP contribution in [0.15, 0.2) is 79.0 Å². The topological polar surface area (TPSA) is 34.1 Å². The maximum absolute atomic E-state index is 13.3. The maximum Gasteiger partial charge on any atom is 0.124 e. The normalized spacial score (nSPS) is 11.0. The van der Waals surface area contributed by atoms with E-state index in [2.05, 4.69) is 22.4 Å². The van der Waals surface area contributed by atoms with Crippen LogP contribution >= 0.6 is 11.6 Å². The molecule has 0 amide bonds. The second-order valence-electron chi connectivity index (χ2n) is 6.71. The summed E-state index contributed by atoms with van der Waals surface area (Å²) >= 11 is 6.14. The lowest BCUT2D eigenvalue weighted by atomic mass is 10.0. The lowest BCUT2D eigenvalue weighted by Crippen LogP contribution is -2.15. The van der Waals surface area contributed by atoms with Gasteiger partial charge in [0.1, 0.15) is 18.2 Å². The summed E-state index contributed by atoms with van der Waals surface area (Å²) < 4.78 is 19.4. The fourth-order valence-corrected chi connectivity index (χ4v) is 3.47. The monoisotopic (exact) mass is 406 g/mol. The van der Waals surface area contributed by atoms with Gasteiger partial charge in [0.25, 0.3) is 0 Å². The van der Waals surface area contributed by atoms with E-state index in [-0.39, 0.29) is 12.4 Å². The number of aromatic nitrogens is 1. The molecule has 4 rings (SSSR count). The number of halogens is 2. The summed E-state index contributed by atoms with van der Waals surface area (Å²) in [7, 11) is 0. The van der Waals surface area contributed by atoms with Gasteiger partial charge in [-0.2, -0.15) is 0 Å². The Bertz CT molecular complexity index is 1120. The Morgan fingerprint density at radius 3 is 2.62 bits per heavy atom. The first kappa shape index (κ1) is 19.4. The minimum absolute atomic E-state index is 0.269. The van der Waals surface area contributed by atoms with Crippen molar-refractivity contribution in [1.29, 1.82) is 0 Å². The summed E-state index contributed by atoms with van der Waals surface area (Å²) in [4.78, 5) is 4.35. The van der Waals surface area contributed by atoms with Crippen molar-refractivity contribution in [2.24, 2.45) is 0 Å². The number of pyridine rings is 1. The van der Waals surface area contributed by atoms with E-state index in [1.54, 1.807) is 12.3 Å². The Morgan fingerprint density at radius 1 is 0.931 bits per heavy atom. The molecule has 0 bridgehead atoms. The minimum Gasteiger partial charge on any atom is -0.488 e. The van der Waals surface area contributed by atoms with E-state index in [1.165, 1.54) is 12.1 Å². The summed E-state index contributed by atoms with van der Waals surface area (Å²) in [6, 6.07) is 22.4. The summed E-state index contributed by atoms with van der Waals surface area (Å²) in [6.45, 7) is 1.56. The van der Waals surface area contributed by atoms with Gasteiger partial charge in [0, 0.05) is 30.4 Å². The number of ether oxygens (including phenoxy) is 1. The molecule has 0 fully saturated rings. The molecule has 3 nitrogen and oxygen atoms in total. The van der Waals surface area contributed by atoms with Gasteiger partial charge in [0.15, 0.2) is 0 Å². The fourth-order valence-electron chi connectivity index (χ4n) is 3.25. The zero-order chi connectivity index (χ0) is 20.1. The molecule has 0 radical (unpaired) electrons. The first-order valence-corrected chi connectivity index (χ1v) is 9.76. The van der Waals surface area contributed by atoms with Crippen LogP contribution < -0.4 is 10.1 Å². The highest BCUT2D eigenvalue weighted by atomic mass is 35.5. The highest BCUT2D eigenvalue weighted by Gasteiger charge is 2.11. The Kier molecular flexibility index (Phi) is 6.03. The smallest absolute Gasteiger partial charge is 0.124 e. The van der Waals surface area contributed by atoms with Crippen LogP contribution in [0.1, 0.15) is 16.8 Å². The van der Waals surface area contributed by atoms with Gasteiger partial charge in [-0.15, -0.1) is 0 Å². The quantitative estimate of drug-likeness (QED) is 0.415. The predicted molar refractivity (Wildman–Crippen MR) is 114 cm³/mol. The second kappa shape index (κ2) is 9.03. The summed E-state index contributed by atoms with van der Waals surface area (Å²) in [6.07, 6.45) is 1.79. The third-order valence-electron chi connectivity index (χ3n) is 4.73. The van der Waals surface area contributed by atoms with Crippen molar-refractivity contribution in [3.05, 3.63) is 107 Å². The largest absolute Gasteiger partial charge is 0.488 e. The van der Waals surface area contributed by atoms with Crippen LogP contribution in [0.3, 0.4) is 0 Å². The highest BCUT2D eigenvalue weighted by Crippen LogP contribution is 2.29. The van der Waals surface area contributed by atoms with Gasteiger partial charge in [-0.05, 0) is 41.1 Å². The zero-order valence-electron chi connectivity index (χ0n) is 15.7. The fraction of sp³-hybridized carbons (Fsp3) is 0.125. The van der Waals surface area contributed by atoms with Gasteiger partial charge >= 0.3 is 0 Å².